The Kier molecular flexibility index (Phi) is 12.4. The van der Waals surface area contributed by atoms with E-state index >= 15 is 0 Å². The van der Waals surface area contributed by atoms with Crippen molar-refractivity contribution in [3.05, 3.63) is 47.8 Å². The lowest BCUT2D eigenvalue weighted by atomic mass is 9.92. The number of ketones is 1. The molecule has 2 aromatic rings. The molecule has 0 N–H and O–H groups in total. The fraction of sp³-hybridized carbons (Fsp3) is 0.517. The van der Waals surface area contributed by atoms with Gasteiger partial charge in [-0.3, -0.25) is 14.4 Å². The lowest BCUT2D eigenvalue weighted by Gasteiger charge is -2.31. The maximum Gasteiger partial charge on any atom is 0.416 e. The number of ether oxygens (including phenoxy) is 5. The number of methoxy groups -OCH3 is 1. The summed E-state index contributed by atoms with van der Waals surface area (Å²) in [5.41, 5.74) is -0.905. The van der Waals surface area contributed by atoms with Crippen molar-refractivity contribution in [2.75, 3.05) is 13.9 Å². The minimum atomic E-state index is -4.47. The van der Waals surface area contributed by atoms with Crippen molar-refractivity contribution in [3.8, 4) is 17.2 Å². The zero-order chi connectivity index (χ0) is 30.7. The predicted octanol–water partition coefficient (Wildman–Crippen LogP) is 6.03. The molecule has 0 saturated heterocycles. The van der Waals surface area contributed by atoms with Crippen molar-refractivity contribution in [1.82, 2.24) is 4.98 Å². The Labute approximate surface area is 237 Å². The van der Waals surface area contributed by atoms with Gasteiger partial charge in [-0.1, -0.05) is 20.8 Å². The third-order valence-electron chi connectivity index (χ3n) is 6.44. The van der Waals surface area contributed by atoms with Crippen LogP contribution in [0, 0.1) is 11.8 Å². The number of Topliss-reactive ketones (excluding diaryl/α,β-unsaturated/α-hetero) is 1. The summed E-state index contributed by atoms with van der Waals surface area (Å²) in [5.74, 6) is -2.35. The highest BCUT2D eigenvalue weighted by molar-refractivity contribution is 5.99. The molecule has 1 aromatic heterocycles. The molecule has 41 heavy (non-hydrogen) atoms. The van der Waals surface area contributed by atoms with Gasteiger partial charge in [-0.25, -0.2) is 4.98 Å². The highest BCUT2D eigenvalue weighted by atomic mass is 19.4. The number of benzene rings is 1. The van der Waals surface area contributed by atoms with E-state index in [0.29, 0.717) is 12.8 Å². The van der Waals surface area contributed by atoms with E-state index in [1.165, 1.54) is 45.4 Å². The molecular formula is C29H36F3NO8. The highest BCUT2D eigenvalue weighted by Crippen LogP contribution is 2.33. The predicted molar refractivity (Wildman–Crippen MR) is 142 cm³/mol. The Morgan fingerprint density at radius 3 is 2.17 bits per heavy atom. The summed E-state index contributed by atoms with van der Waals surface area (Å²) in [7, 11) is 1.37. The number of carbonyl (C=O) groups is 3. The highest BCUT2D eigenvalue weighted by Gasteiger charge is 2.33. The van der Waals surface area contributed by atoms with Gasteiger partial charge in [0.05, 0.1) is 18.6 Å². The molecule has 0 amide bonds. The Hall–Kier alpha value is -3.83. The summed E-state index contributed by atoms with van der Waals surface area (Å²) in [6.07, 6.45) is -3.47. The van der Waals surface area contributed by atoms with Gasteiger partial charge in [0, 0.05) is 25.6 Å². The van der Waals surface area contributed by atoms with E-state index in [-0.39, 0.29) is 35.3 Å². The van der Waals surface area contributed by atoms with E-state index in [4.69, 9.17) is 23.7 Å². The van der Waals surface area contributed by atoms with E-state index in [1.807, 2.05) is 13.8 Å². The first-order chi connectivity index (χ1) is 19.3. The molecule has 3 atom stereocenters. The van der Waals surface area contributed by atoms with Crippen LogP contribution >= 0.6 is 0 Å². The Morgan fingerprint density at radius 2 is 1.63 bits per heavy atom. The monoisotopic (exact) mass is 583 g/mol. The van der Waals surface area contributed by atoms with Gasteiger partial charge >= 0.3 is 18.1 Å². The van der Waals surface area contributed by atoms with Crippen molar-refractivity contribution in [2.24, 2.45) is 11.8 Å². The van der Waals surface area contributed by atoms with Crippen LogP contribution in [0.25, 0.3) is 0 Å². The third-order valence-corrected chi connectivity index (χ3v) is 6.44. The van der Waals surface area contributed by atoms with Crippen LogP contribution in [-0.4, -0.2) is 48.8 Å². The molecule has 12 heteroatoms. The number of halogens is 3. The van der Waals surface area contributed by atoms with E-state index in [9.17, 15) is 27.6 Å². The second-order valence-electron chi connectivity index (χ2n) is 9.44. The first-order valence-electron chi connectivity index (χ1n) is 13.2. The van der Waals surface area contributed by atoms with Crippen LogP contribution in [-0.2, 0) is 25.2 Å². The van der Waals surface area contributed by atoms with Crippen LogP contribution in [0.2, 0.25) is 0 Å². The fourth-order valence-electron chi connectivity index (χ4n) is 4.13. The lowest BCUT2D eigenvalue weighted by Crippen LogP contribution is -2.40. The summed E-state index contributed by atoms with van der Waals surface area (Å²) in [6, 6.07) is 5.79. The SMILES string of the molecule is CCC(CC)[C@@H](Oc1ccc(C(F)(F)F)cc1)[C@H](C)OC(=O)[C@H](C)CC(=O)c1nccc(OC)c1OCOC(C)=O. The molecule has 0 spiro atoms. The van der Waals surface area contributed by atoms with E-state index in [0.717, 1.165) is 12.1 Å². The zero-order valence-electron chi connectivity index (χ0n) is 23.9. The van der Waals surface area contributed by atoms with Crippen LogP contribution < -0.4 is 14.2 Å². The Balaban J connectivity index is 2.14. The van der Waals surface area contributed by atoms with Gasteiger partial charge in [0.1, 0.15) is 18.0 Å². The average Bonchev–Trinajstić information content (AvgIpc) is 2.92. The van der Waals surface area contributed by atoms with Gasteiger partial charge in [0.2, 0.25) is 6.79 Å². The van der Waals surface area contributed by atoms with Crippen molar-refractivity contribution < 1.29 is 51.2 Å². The van der Waals surface area contributed by atoms with Crippen LogP contribution in [0.4, 0.5) is 13.2 Å². The number of alkyl halides is 3. The number of aromatic nitrogens is 1. The minimum absolute atomic E-state index is 0.0334. The van der Waals surface area contributed by atoms with Gasteiger partial charge in [-0.15, -0.1) is 0 Å². The maximum atomic E-state index is 13.1. The summed E-state index contributed by atoms with van der Waals surface area (Å²) in [6.45, 7) is 7.78. The molecule has 0 bridgehead atoms. The summed E-state index contributed by atoms with van der Waals surface area (Å²) >= 11 is 0. The molecule has 0 radical (unpaired) electrons. The molecule has 2 rings (SSSR count). The van der Waals surface area contributed by atoms with Crippen LogP contribution in [0.3, 0.4) is 0 Å². The number of hydrogen-bond acceptors (Lipinski definition) is 9. The smallest absolute Gasteiger partial charge is 0.416 e. The largest absolute Gasteiger partial charge is 0.493 e. The molecule has 0 aliphatic rings. The summed E-state index contributed by atoms with van der Waals surface area (Å²) in [4.78, 5) is 41.2. The van der Waals surface area contributed by atoms with Crippen molar-refractivity contribution in [2.45, 2.75) is 72.3 Å². The van der Waals surface area contributed by atoms with Gasteiger partial charge < -0.3 is 23.7 Å². The Bertz CT molecular complexity index is 1170. The van der Waals surface area contributed by atoms with Crippen LogP contribution in [0.1, 0.15) is 69.9 Å². The van der Waals surface area contributed by atoms with Gasteiger partial charge in [-0.05, 0) is 49.9 Å². The van der Waals surface area contributed by atoms with Gasteiger partial charge in [0.25, 0.3) is 0 Å². The van der Waals surface area contributed by atoms with Crippen molar-refractivity contribution >= 4 is 17.7 Å². The first kappa shape index (κ1) is 33.4. The number of hydrogen-bond donors (Lipinski definition) is 0. The van der Waals surface area contributed by atoms with Crippen LogP contribution in [0.15, 0.2) is 36.5 Å². The molecular weight excluding hydrogens is 547 g/mol. The zero-order valence-corrected chi connectivity index (χ0v) is 23.9. The summed E-state index contributed by atoms with van der Waals surface area (Å²) < 4.78 is 66.0. The molecule has 226 valence electrons. The van der Waals surface area contributed by atoms with E-state index in [1.54, 1.807) is 6.92 Å². The quantitative estimate of drug-likeness (QED) is 0.141. The molecule has 0 unspecified atom stereocenters. The molecule has 0 aliphatic heterocycles. The number of rotatable bonds is 15. The van der Waals surface area contributed by atoms with Gasteiger partial charge in [0.15, 0.2) is 23.0 Å². The molecule has 0 saturated carbocycles. The number of carbonyl (C=O) groups excluding carboxylic acids is 3. The first-order valence-corrected chi connectivity index (χ1v) is 13.2. The molecule has 1 aromatic carbocycles. The normalized spacial score (nSPS) is 13.6. The average molecular weight is 584 g/mol. The number of pyridine rings is 1. The van der Waals surface area contributed by atoms with Crippen molar-refractivity contribution in [3.63, 3.8) is 0 Å². The van der Waals surface area contributed by atoms with Gasteiger partial charge in [-0.2, -0.15) is 13.2 Å². The van der Waals surface area contributed by atoms with E-state index in [2.05, 4.69) is 4.98 Å². The second-order valence-corrected chi connectivity index (χ2v) is 9.44. The van der Waals surface area contributed by atoms with Crippen LogP contribution in [0.5, 0.6) is 17.2 Å². The minimum Gasteiger partial charge on any atom is -0.493 e. The van der Waals surface area contributed by atoms with E-state index < -0.39 is 54.4 Å². The standard InChI is InChI=1S/C29H36F3NO8/c1-7-20(8-2)26(41-22-11-9-21(10-12-22)29(30,31)32)18(4)40-28(36)17(3)15-23(35)25-27(39-16-38-19(5)34)24(37-6)13-14-33-25/h9-14,17-18,20,26H,7-8,15-16H2,1-6H3/t17-,18+,26+/m1/s1. The maximum absolute atomic E-state index is 13.1. The van der Waals surface area contributed by atoms with Crippen molar-refractivity contribution in [1.29, 1.82) is 0 Å². The molecule has 0 aliphatic carbocycles. The topological polar surface area (TPSA) is 110 Å². The molecule has 1 heterocycles. The fourth-order valence-corrected chi connectivity index (χ4v) is 4.13. The summed E-state index contributed by atoms with van der Waals surface area (Å²) in [5, 5.41) is 0. The lowest BCUT2D eigenvalue weighted by molar-refractivity contribution is -0.159. The second kappa shape index (κ2) is 15.2. The Morgan fingerprint density at radius 1 is 1.00 bits per heavy atom. The number of nitrogens with zero attached hydrogens (tertiary/aromatic N) is 1. The molecule has 0 fully saturated rings. The molecule has 9 nitrogen and oxygen atoms in total. The number of esters is 2. The third kappa shape index (κ3) is 9.65.